The van der Waals surface area contributed by atoms with Crippen LogP contribution in [-0.2, 0) is 16.1 Å². The number of hydrogen-bond acceptors (Lipinski definition) is 5. The fourth-order valence-corrected chi connectivity index (χ4v) is 3.16. The van der Waals surface area contributed by atoms with E-state index in [0.29, 0.717) is 22.9 Å². The smallest absolute Gasteiger partial charge is 0.234 e. The van der Waals surface area contributed by atoms with Crippen molar-refractivity contribution in [2.24, 2.45) is 0 Å². The van der Waals surface area contributed by atoms with Crippen LogP contribution >= 0.6 is 23.4 Å². The summed E-state index contributed by atoms with van der Waals surface area (Å²) in [5.74, 6) is -0.817. The molecule has 0 saturated heterocycles. The minimum absolute atomic E-state index is 0.0482. The second-order valence-corrected chi connectivity index (χ2v) is 6.48. The van der Waals surface area contributed by atoms with Crippen molar-refractivity contribution in [3.8, 4) is 6.07 Å². The summed E-state index contributed by atoms with van der Waals surface area (Å²) < 4.78 is 18.2. The predicted molar refractivity (Wildman–Crippen MR) is 95.2 cm³/mol. The highest BCUT2D eigenvalue weighted by molar-refractivity contribution is 8.00. The molecule has 8 heteroatoms. The maximum Gasteiger partial charge on any atom is 0.234 e. The molecular formula is C17H15ClFN3O2S. The van der Waals surface area contributed by atoms with Crippen molar-refractivity contribution in [1.82, 2.24) is 4.98 Å². The van der Waals surface area contributed by atoms with Gasteiger partial charge in [-0.15, -0.1) is 0 Å². The van der Waals surface area contributed by atoms with Crippen LogP contribution in [0.25, 0.3) is 0 Å². The van der Waals surface area contributed by atoms with Gasteiger partial charge in [0.2, 0.25) is 5.91 Å². The van der Waals surface area contributed by atoms with Gasteiger partial charge in [0.15, 0.2) is 0 Å². The topological polar surface area (TPSA) is 75.0 Å². The monoisotopic (exact) mass is 379 g/mol. The molecule has 0 atom stereocenters. The molecule has 0 unspecified atom stereocenters. The van der Waals surface area contributed by atoms with E-state index in [4.69, 9.17) is 16.3 Å². The van der Waals surface area contributed by atoms with Crippen LogP contribution in [0.1, 0.15) is 16.8 Å². The first-order valence-electron chi connectivity index (χ1n) is 7.22. The van der Waals surface area contributed by atoms with Crippen LogP contribution in [0, 0.1) is 24.1 Å². The Hall–Kier alpha value is -2.14. The Labute approximate surface area is 154 Å². The van der Waals surface area contributed by atoms with Crippen molar-refractivity contribution >= 4 is 35.0 Å². The summed E-state index contributed by atoms with van der Waals surface area (Å²) >= 11 is 6.84. The van der Waals surface area contributed by atoms with Gasteiger partial charge in [-0.25, -0.2) is 9.37 Å². The summed E-state index contributed by atoms with van der Waals surface area (Å²) in [6.07, 6.45) is 0. The number of pyridine rings is 1. The lowest BCUT2D eigenvalue weighted by molar-refractivity contribution is -0.113. The van der Waals surface area contributed by atoms with Crippen molar-refractivity contribution in [3.05, 3.63) is 51.9 Å². The molecule has 130 valence electrons. The maximum atomic E-state index is 13.1. The lowest BCUT2D eigenvalue weighted by Gasteiger charge is -2.10. The van der Waals surface area contributed by atoms with Gasteiger partial charge in [-0.2, -0.15) is 5.26 Å². The van der Waals surface area contributed by atoms with Crippen molar-refractivity contribution in [3.63, 3.8) is 0 Å². The summed E-state index contributed by atoms with van der Waals surface area (Å²) in [4.78, 5) is 16.4. The van der Waals surface area contributed by atoms with E-state index in [1.165, 1.54) is 18.2 Å². The average Bonchev–Trinajstić information content (AvgIpc) is 2.56. The molecule has 5 nitrogen and oxygen atoms in total. The van der Waals surface area contributed by atoms with Gasteiger partial charge in [0.25, 0.3) is 0 Å². The number of aryl methyl sites for hydroxylation is 1. The van der Waals surface area contributed by atoms with Gasteiger partial charge < -0.3 is 10.1 Å². The molecule has 0 bridgehead atoms. The molecule has 2 aromatic rings. The van der Waals surface area contributed by atoms with Crippen LogP contribution in [-0.4, -0.2) is 23.8 Å². The van der Waals surface area contributed by atoms with E-state index in [2.05, 4.69) is 16.4 Å². The Morgan fingerprint density at radius 3 is 2.88 bits per heavy atom. The Balaban J connectivity index is 2.08. The van der Waals surface area contributed by atoms with E-state index < -0.39 is 5.82 Å². The first kappa shape index (κ1) is 19.2. The number of nitriles is 1. The maximum absolute atomic E-state index is 13.1. The number of rotatable bonds is 6. The molecule has 25 heavy (non-hydrogen) atoms. The Kier molecular flexibility index (Phi) is 6.76. The van der Waals surface area contributed by atoms with Crippen LogP contribution < -0.4 is 5.32 Å². The molecule has 1 heterocycles. The summed E-state index contributed by atoms with van der Waals surface area (Å²) in [5, 5.41) is 12.4. The van der Waals surface area contributed by atoms with Crippen LogP contribution in [0.5, 0.6) is 0 Å². The van der Waals surface area contributed by atoms with E-state index in [9.17, 15) is 14.4 Å². The quantitative estimate of drug-likeness (QED) is 0.769. The third kappa shape index (κ3) is 5.16. The van der Waals surface area contributed by atoms with Crippen LogP contribution in [0.3, 0.4) is 0 Å². The molecule has 2 rings (SSSR count). The highest BCUT2D eigenvalue weighted by Crippen LogP contribution is 2.25. The predicted octanol–water partition coefficient (Wildman–Crippen LogP) is 3.93. The van der Waals surface area contributed by atoms with Gasteiger partial charge in [0.1, 0.15) is 16.9 Å². The lowest BCUT2D eigenvalue weighted by Crippen LogP contribution is -2.14. The van der Waals surface area contributed by atoms with Crippen molar-refractivity contribution < 1.29 is 13.9 Å². The number of hydrogen-bond donors (Lipinski definition) is 1. The van der Waals surface area contributed by atoms with Gasteiger partial charge in [-0.1, -0.05) is 23.4 Å². The van der Waals surface area contributed by atoms with E-state index in [-0.39, 0.29) is 16.7 Å². The number of carbonyl (C=O) groups excluding carboxylic acids is 1. The minimum atomic E-state index is -0.553. The third-order valence-electron chi connectivity index (χ3n) is 3.15. The van der Waals surface area contributed by atoms with Crippen molar-refractivity contribution in [2.75, 3.05) is 18.2 Å². The van der Waals surface area contributed by atoms with Gasteiger partial charge in [-0.05, 0) is 36.8 Å². The van der Waals surface area contributed by atoms with Gasteiger partial charge in [0, 0.05) is 18.5 Å². The first-order chi connectivity index (χ1) is 11.9. The van der Waals surface area contributed by atoms with Crippen LogP contribution in [0.15, 0.2) is 29.3 Å². The average molecular weight is 380 g/mol. The molecule has 1 amide bonds. The molecule has 0 fully saturated rings. The number of amides is 1. The molecule has 0 aliphatic carbocycles. The fourth-order valence-electron chi connectivity index (χ4n) is 2.11. The molecule has 1 aromatic carbocycles. The number of aromatic nitrogens is 1. The normalized spacial score (nSPS) is 10.4. The lowest BCUT2D eigenvalue weighted by atomic mass is 10.1. The molecular weight excluding hydrogens is 365 g/mol. The van der Waals surface area contributed by atoms with Crippen molar-refractivity contribution in [2.45, 2.75) is 18.6 Å². The number of nitrogens with zero attached hydrogens (tertiary/aromatic N) is 2. The number of thioether (sulfide) groups is 1. The molecule has 0 aliphatic rings. The standard InChI is InChI=1S/C17H15ClFN3O2S/c1-10-5-11(8-24-2)13(7-20)17(21-10)25-9-16(23)22-12-3-4-15(19)14(18)6-12/h3-6H,8-9H2,1-2H3,(H,22,23). The van der Waals surface area contributed by atoms with E-state index in [1.54, 1.807) is 13.2 Å². The number of benzene rings is 1. The number of halogens is 2. The van der Waals surface area contributed by atoms with Crippen LogP contribution in [0.4, 0.5) is 10.1 Å². The molecule has 0 saturated carbocycles. The molecule has 0 radical (unpaired) electrons. The second-order valence-electron chi connectivity index (χ2n) is 5.11. The first-order valence-corrected chi connectivity index (χ1v) is 8.58. The summed E-state index contributed by atoms with van der Waals surface area (Å²) in [6, 6.07) is 7.83. The van der Waals surface area contributed by atoms with Gasteiger partial charge >= 0.3 is 0 Å². The second kappa shape index (κ2) is 8.81. The van der Waals surface area contributed by atoms with Crippen molar-refractivity contribution in [1.29, 1.82) is 5.26 Å². The Morgan fingerprint density at radius 2 is 2.24 bits per heavy atom. The molecule has 1 aromatic heterocycles. The molecule has 0 spiro atoms. The molecule has 1 N–H and O–H groups in total. The number of methoxy groups -OCH3 is 1. The number of nitrogens with one attached hydrogen (secondary N) is 1. The summed E-state index contributed by atoms with van der Waals surface area (Å²) in [5.41, 5.74) is 2.26. The zero-order chi connectivity index (χ0) is 18.4. The van der Waals surface area contributed by atoms with E-state index in [0.717, 1.165) is 23.0 Å². The third-order valence-corrected chi connectivity index (χ3v) is 4.42. The highest BCUT2D eigenvalue weighted by atomic mass is 35.5. The van der Waals surface area contributed by atoms with Gasteiger partial charge in [0.05, 0.1) is 22.9 Å². The number of carbonyl (C=O) groups is 1. The fraction of sp³-hybridized carbons (Fsp3) is 0.235. The highest BCUT2D eigenvalue weighted by Gasteiger charge is 2.14. The Bertz CT molecular complexity index is 839. The summed E-state index contributed by atoms with van der Waals surface area (Å²) in [6.45, 7) is 2.10. The minimum Gasteiger partial charge on any atom is -0.380 e. The summed E-state index contributed by atoms with van der Waals surface area (Å²) in [7, 11) is 1.55. The largest absolute Gasteiger partial charge is 0.380 e. The van der Waals surface area contributed by atoms with Gasteiger partial charge in [-0.3, -0.25) is 4.79 Å². The SMILES string of the molecule is COCc1cc(C)nc(SCC(=O)Nc2ccc(F)c(Cl)c2)c1C#N. The van der Waals surface area contributed by atoms with Crippen LogP contribution in [0.2, 0.25) is 5.02 Å². The number of ether oxygens (including phenoxy) is 1. The van der Waals surface area contributed by atoms with E-state index >= 15 is 0 Å². The zero-order valence-electron chi connectivity index (χ0n) is 13.6. The molecule has 0 aliphatic heterocycles. The zero-order valence-corrected chi connectivity index (χ0v) is 15.2. The Morgan fingerprint density at radius 1 is 1.48 bits per heavy atom. The van der Waals surface area contributed by atoms with E-state index in [1.807, 2.05) is 6.92 Å². The number of anilines is 1.